The number of ether oxygens (including phenoxy) is 1. The molecular formula is C31H40N6O2. The van der Waals surface area contributed by atoms with Gasteiger partial charge in [0.05, 0.1) is 36.9 Å². The summed E-state index contributed by atoms with van der Waals surface area (Å²) in [7, 11) is 1.66. The molecule has 0 atom stereocenters. The van der Waals surface area contributed by atoms with Crippen molar-refractivity contribution >= 4 is 5.91 Å². The van der Waals surface area contributed by atoms with Crippen molar-refractivity contribution in [1.29, 1.82) is 0 Å². The molecule has 1 amide bonds. The molecule has 206 valence electrons. The van der Waals surface area contributed by atoms with Crippen LogP contribution >= 0.6 is 0 Å². The Labute approximate surface area is 231 Å². The fraction of sp³-hybridized carbons (Fsp3) is 0.387. The van der Waals surface area contributed by atoms with Crippen LogP contribution in [0.3, 0.4) is 0 Å². The Morgan fingerprint density at radius 2 is 1.41 bits per heavy atom. The minimum Gasteiger partial charge on any atom is -0.385 e. The number of aromatic amines is 2. The van der Waals surface area contributed by atoms with Gasteiger partial charge in [-0.05, 0) is 48.1 Å². The summed E-state index contributed by atoms with van der Waals surface area (Å²) in [6.07, 6.45) is 6.97. The van der Waals surface area contributed by atoms with Crippen molar-refractivity contribution in [2.24, 2.45) is 0 Å². The molecule has 0 aliphatic heterocycles. The van der Waals surface area contributed by atoms with Crippen LogP contribution in [-0.2, 0) is 22.6 Å². The second kappa shape index (κ2) is 14.4. The normalized spacial score (nSPS) is 11.2. The first-order chi connectivity index (χ1) is 19.1. The first-order valence-electron chi connectivity index (χ1n) is 13.9. The maximum absolute atomic E-state index is 12.6. The van der Waals surface area contributed by atoms with Crippen molar-refractivity contribution < 1.29 is 9.53 Å². The Kier molecular flexibility index (Phi) is 10.4. The number of carbonyl (C=O) groups is 1. The molecule has 0 spiro atoms. The lowest BCUT2D eigenvalue weighted by atomic mass is 10.0. The third kappa shape index (κ3) is 7.88. The average molecular weight is 529 g/mol. The number of hydrogen-bond acceptors (Lipinski definition) is 5. The van der Waals surface area contributed by atoms with E-state index in [2.05, 4.69) is 87.6 Å². The largest absolute Gasteiger partial charge is 0.385 e. The zero-order valence-electron chi connectivity index (χ0n) is 23.3. The lowest BCUT2D eigenvalue weighted by Gasteiger charge is -2.21. The summed E-state index contributed by atoms with van der Waals surface area (Å²) in [4.78, 5) is 30.3. The molecule has 4 rings (SSSR count). The molecule has 0 aliphatic carbocycles. The molecule has 0 bridgehead atoms. The summed E-state index contributed by atoms with van der Waals surface area (Å²) in [5.74, 6) is 1.88. The molecule has 0 saturated heterocycles. The van der Waals surface area contributed by atoms with Gasteiger partial charge in [0.2, 0.25) is 5.91 Å². The molecular weight excluding hydrogens is 488 g/mol. The first kappa shape index (κ1) is 28.3. The van der Waals surface area contributed by atoms with Gasteiger partial charge in [-0.15, -0.1) is 0 Å². The number of hydrogen-bond donors (Lipinski definition) is 3. The molecule has 3 N–H and O–H groups in total. The van der Waals surface area contributed by atoms with Crippen molar-refractivity contribution in [3.05, 3.63) is 72.6 Å². The highest BCUT2D eigenvalue weighted by Gasteiger charge is 2.15. The maximum atomic E-state index is 12.6. The van der Waals surface area contributed by atoms with Gasteiger partial charge in [0.25, 0.3) is 0 Å². The maximum Gasteiger partial charge on any atom is 0.223 e. The summed E-state index contributed by atoms with van der Waals surface area (Å²) >= 11 is 0. The van der Waals surface area contributed by atoms with Crippen LogP contribution in [0.5, 0.6) is 0 Å². The van der Waals surface area contributed by atoms with E-state index in [0.29, 0.717) is 26.1 Å². The predicted octanol–water partition coefficient (Wildman–Crippen LogP) is 5.80. The Balaban J connectivity index is 1.37. The molecule has 39 heavy (non-hydrogen) atoms. The van der Waals surface area contributed by atoms with Gasteiger partial charge < -0.3 is 24.9 Å². The summed E-state index contributed by atoms with van der Waals surface area (Å²) in [5, 5.41) is 3.37. The van der Waals surface area contributed by atoms with Crippen LogP contribution in [0, 0.1) is 0 Å². The predicted molar refractivity (Wildman–Crippen MR) is 156 cm³/mol. The monoisotopic (exact) mass is 528 g/mol. The fourth-order valence-electron chi connectivity index (χ4n) is 4.53. The first-order valence-corrected chi connectivity index (χ1v) is 13.9. The van der Waals surface area contributed by atoms with Crippen LogP contribution < -0.4 is 5.32 Å². The average Bonchev–Trinajstić information content (AvgIpc) is 3.63. The molecule has 4 aromatic rings. The summed E-state index contributed by atoms with van der Waals surface area (Å²) in [5.41, 5.74) is 6.44. The van der Waals surface area contributed by atoms with E-state index in [0.717, 1.165) is 77.6 Å². The van der Waals surface area contributed by atoms with E-state index in [4.69, 9.17) is 4.74 Å². The molecule has 0 aliphatic rings. The van der Waals surface area contributed by atoms with Gasteiger partial charge in [0.15, 0.2) is 0 Å². The highest BCUT2D eigenvalue weighted by atomic mass is 16.5. The topological polar surface area (TPSA) is 98.9 Å². The molecule has 0 fully saturated rings. The number of amides is 1. The van der Waals surface area contributed by atoms with Gasteiger partial charge >= 0.3 is 0 Å². The van der Waals surface area contributed by atoms with Crippen LogP contribution in [0.15, 0.2) is 60.9 Å². The van der Waals surface area contributed by atoms with E-state index in [1.807, 2.05) is 17.3 Å². The Morgan fingerprint density at radius 3 is 1.97 bits per heavy atom. The molecule has 0 saturated carbocycles. The van der Waals surface area contributed by atoms with E-state index in [1.54, 1.807) is 7.11 Å². The third-order valence-electron chi connectivity index (χ3n) is 6.63. The highest BCUT2D eigenvalue weighted by molar-refractivity contribution is 5.76. The number of nitrogens with zero attached hydrogens (tertiary/aromatic N) is 3. The number of imidazole rings is 2. The van der Waals surface area contributed by atoms with Gasteiger partial charge in [-0.2, -0.15) is 0 Å². The number of rotatable bonds is 15. The Morgan fingerprint density at radius 1 is 0.846 bits per heavy atom. The Bertz CT molecular complexity index is 1290. The van der Waals surface area contributed by atoms with Crippen LogP contribution in [0.25, 0.3) is 33.6 Å². The molecule has 0 radical (unpaired) electrons. The van der Waals surface area contributed by atoms with Crippen molar-refractivity contribution in [3.63, 3.8) is 0 Å². The lowest BCUT2D eigenvalue weighted by molar-refractivity contribution is -0.132. The van der Waals surface area contributed by atoms with E-state index >= 15 is 0 Å². The number of H-pyrrole nitrogens is 2. The van der Waals surface area contributed by atoms with Crippen LogP contribution in [0.4, 0.5) is 0 Å². The number of methoxy groups -OCH3 is 1. The second-order valence-electron chi connectivity index (χ2n) is 9.73. The van der Waals surface area contributed by atoms with E-state index in [1.165, 1.54) is 0 Å². The van der Waals surface area contributed by atoms with Crippen LogP contribution in [0.2, 0.25) is 0 Å². The van der Waals surface area contributed by atoms with Gasteiger partial charge in [-0.1, -0.05) is 62.4 Å². The minimum atomic E-state index is 0.138. The molecule has 2 aromatic carbocycles. The van der Waals surface area contributed by atoms with Crippen LogP contribution in [-0.4, -0.2) is 57.5 Å². The number of aromatic nitrogens is 4. The zero-order chi connectivity index (χ0) is 27.5. The van der Waals surface area contributed by atoms with Crippen molar-refractivity contribution in [2.75, 3.05) is 26.8 Å². The van der Waals surface area contributed by atoms with Gasteiger partial charge in [0, 0.05) is 26.7 Å². The molecule has 2 heterocycles. The third-order valence-corrected chi connectivity index (χ3v) is 6.63. The van der Waals surface area contributed by atoms with Crippen molar-refractivity contribution in [1.82, 2.24) is 30.2 Å². The van der Waals surface area contributed by atoms with E-state index in [9.17, 15) is 4.79 Å². The van der Waals surface area contributed by atoms with Crippen LogP contribution in [0.1, 0.15) is 51.2 Å². The standard InChI is InChI=1S/C31H40N6O2/c1-4-16-32-21-29-33-19-27(35-29)25-12-8-23(9-13-25)24-10-14-26(15-11-24)28-20-34-30(36-28)22-37(17-5-2)31(38)7-6-18-39-3/h8-15,19-20,32H,4-7,16-18,21-22H2,1-3H3,(H,33,35)(H,34,36). The minimum absolute atomic E-state index is 0.138. The fourth-order valence-corrected chi connectivity index (χ4v) is 4.53. The molecule has 2 aromatic heterocycles. The lowest BCUT2D eigenvalue weighted by Crippen LogP contribution is -2.31. The highest BCUT2D eigenvalue weighted by Crippen LogP contribution is 2.26. The number of benzene rings is 2. The van der Waals surface area contributed by atoms with Crippen molar-refractivity contribution in [2.45, 2.75) is 52.6 Å². The molecule has 0 unspecified atom stereocenters. The quantitative estimate of drug-likeness (QED) is 0.169. The summed E-state index contributed by atoms with van der Waals surface area (Å²) in [6, 6.07) is 17.0. The van der Waals surface area contributed by atoms with E-state index in [-0.39, 0.29) is 5.91 Å². The number of carbonyl (C=O) groups excluding carboxylic acids is 1. The van der Waals surface area contributed by atoms with Gasteiger partial charge in [-0.25, -0.2) is 9.97 Å². The molecule has 8 heteroatoms. The summed E-state index contributed by atoms with van der Waals surface area (Å²) < 4.78 is 5.08. The second-order valence-corrected chi connectivity index (χ2v) is 9.73. The smallest absolute Gasteiger partial charge is 0.223 e. The number of nitrogens with one attached hydrogen (secondary N) is 3. The van der Waals surface area contributed by atoms with Gasteiger partial charge in [0.1, 0.15) is 11.6 Å². The SMILES string of the molecule is CCCNCc1ncc(-c2ccc(-c3ccc(-c4cnc(CN(CCC)C(=O)CCCOC)[nH]4)cc3)cc2)[nH]1. The Hall–Kier alpha value is -3.75. The van der Waals surface area contributed by atoms with Crippen molar-refractivity contribution in [3.8, 4) is 33.6 Å². The zero-order valence-corrected chi connectivity index (χ0v) is 23.3. The molecule has 8 nitrogen and oxygen atoms in total. The summed E-state index contributed by atoms with van der Waals surface area (Å²) in [6.45, 7) is 7.77. The van der Waals surface area contributed by atoms with E-state index < -0.39 is 0 Å². The van der Waals surface area contributed by atoms with Gasteiger partial charge in [-0.3, -0.25) is 4.79 Å².